The van der Waals surface area contributed by atoms with Crippen LogP contribution in [-0.2, 0) is 6.42 Å². The lowest BCUT2D eigenvalue weighted by atomic mass is 10.1. The lowest BCUT2D eigenvalue weighted by Gasteiger charge is -1.96. The fraction of sp³-hybridized carbons (Fsp3) is 0.100. The van der Waals surface area contributed by atoms with Gasteiger partial charge in [-0.2, -0.15) is 5.10 Å². The molecule has 76 valence electrons. The second kappa shape index (κ2) is 3.78. The number of hydrogen-bond donors (Lipinski definition) is 2. The van der Waals surface area contributed by atoms with E-state index in [0.717, 1.165) is 5.56 Å². The second-order valence-electron chi connectivity index (χ2n) is 3.20. The highest BCUT2D eigenvalue weighted by atomic mass is 32.1. The fourth-order valence-corrected chi connectivity index (χ4v) is 1.57. The van der Waals surface area contributed by atoms with E-state index in [0.29, 0.717) is 17.7 Å². The molecule has 0 saturated carbocycles. The van der Waals surface area contributed by atoms with Crippen LogP contribution in [0.4, 0.5) is 0 Å². The van der Waals surface area contributed by atoms with Gasteiger partial charge >= 0.3 is 0 Å². The third kappa shape index (κ3) is 1.87. The summed E-state index contributed by atoms with van der Waals surface area (Å²) in [5.74, 6) is -0.0608. The number of carbonyl (C=O) groups is 1. The van der Waals surface area contributed by atoms with Gasteiger partial charge in [-0.25, -0.2) is 0 Å². The van der Waals surface area contributed by atoms with Crippen molar-refractivity contribution in [2.24, 2.45) is 10.8 Å². The predicted octanol–water partition coefficient (Wildman–Crippen LogP) is 0.615. The lowest BCUT2D eigenvalue weighted by Crippen LogP contribution is -2.26. The molecule has 4 nitrogen and oxygen atoms in total. The van der Waals surface area contributed by atoms with Crippen LogP contribution in [0.3, 0.4) is 0 Å². The van der Waals surface area contributed by atoms with Crippen LogP contribution in [0.25, 0.3) is 0 Å². The Hall–Kier alpha value is -1.75. The first-order valence-electron chi connectivity index (χ1n) is 4.43. The van der Waals surface area contributed by atoms with Gasteiger partial charge in [0.15, 0.2) is 5.11 Å². The van der Waals surface area contributed by atoms with E-state index in [-0.39, 0.29) is 10.9 Å². The van der Waals surface area contributed by atoms with E-state index in [1.165, 1.54) is 0 Å². The van der Waals surface area contributed by atoms with Crippen molar-refractivity contribution in [1.82, 2.24) is 5.43 Å². The predicted molar refractivity (Wildman–Crippen MR) is 61.8 cm³/mol. The fourth-order valence-electron chi connectivity index (χ4n) is 1.52. The molecular formula is C10H9N3OS. The summed E-state index contributed by atoms with van der Waals surface area (Å²) in [4.78, 5) is 11.8. The highest BCUT2D eigenvalue weighted by molar-refractivity contribution is 7.80. The summed E-state index contributed by atoms with van der Waals surface area (Å²) in [7, 11) is 0. The van der Waals surface area contributed by atoms with E-state index >= 15 is 0 Å². The molecule has 1 aromatic carbocycles. The normalized spacial score (nSPS) is 16.5. The molecular weight excluding hydrogens is 210 g/mol. The zero-order valence-electron chi connectivity index (χ0n) is 7.86. The molecule has 0 bridgehead atoms. The van der Waals surface area contributed by atoms with Crippen LogP contribution < -0.4 is 11.2 Å². The summed E-state index contributed by atoms with van der Waals surface area (Å²) in [5, 5.41) is 3.93. The molecule has 2 rings (SSSR count). The Morgan fingerprint density at radius 3 is 2.87 bits per heavy atom. The van der Waals surface area contributed by atoms with Gasteiger partial charge in [0.1, 0.15) is 5.71 Å². The zero-order chi connectivity index (χ0) is 10.8. The van der Waals surface area contributed by atoms with Gasteiger partial charge < -0.3 is 5.73 Å². The lowest BCUT2D eigenvalue weighted by molar-refractivity contribution is 0.106. The minimum atomic E-state index is -0.0608. The molecule has 0 amide bonds. The van der Waals surface area contributed by atoms with E-state index in [2.05, 4.69) is 22.7 Å². The number of fused-ring (bicyclic) bond motifs is 1. The third-order valence-corrected chi connectivity index (χ3v) is 2.27. The van der Waals surface area contributed by atoms with Gasteiger partial charge in [-0.1, -0.05) is 24.3 Å². The topological polar surface area (TPSA) is 67.5 Å². The molecule has 15 heavy (non-hydrogen) atoms. The van der Waals surface area contributed by atoms with Crippen molar-refractivity contribution < 1.29 is 4.79 Å². The number of thiocarbonyl (C=S) groups is 1. The molecule has 0 aromatic heterocycles. The third-order valence-electron chi connectivity index (χ3n) is 2.18. The van der Waals surface area contributed by atoms with Gasteiger partial charge in [0.25, 0.3) is 0 Å². The summed E-state index contributed by atoms with van der Waals surface area (Å²) in [5.41, 5.74) is 9.80. The Balaban J connectivity index is 2.27. The molecule has 0 saturated heterocycles. The Bertz CT molecular complexity index is 467. The summed E-state index contributed by atoms with van der Waals surface area (Å²) in [6, 6.07) is 7.44. The largest absolute Gasteiger partial charge is 0.375 e. The summed E-state index contributed by atoms with van der Waals surface area (Å²) in [6.45, 7) is 0. The molecule has 0 atom stereocenters. The quantitative estimate of drug-likeness (QED) is 0.536. The Morgan fingerprint density at radius 1 is 1.47 bits per heavy atom. The van der Waals surface area contributed by atoms with Gasteiger partial charge in [0, 0.05) is 12.0 Å². The first-order chi connectivity index (χ1) is 7.18. The Morgan fingerprint density at radius 2 is 2.20 bits per heavy atom. The highest BCUT2D eigenvalue weighted by Gasteiger charge is 2.25. The highest BCUT2D eigenvalue weighted by Crippen LogP contribution is 2.19. The first-order valence-corrected chi connectivity index (χ1v) is 4.84. The molecule has 0 spiro atoms. The van der Waals surface area contributed by atoms with Gasteiger partial charge in [-0.05, 0) is 17.8 Å². The molecule has 0 radical (unpaired) electrons. The number of nitrogens with zero attached hydrogens (tertiary/aromatic N) is 1. The van der Waals surface area contributed by atoms with Crippen LogP contribution >= 0.6 is 12.2 Å². The van der Waals surface area contributed by atoms with Crippen molar-refractivity contribution in [3.8, 4) is 0 Å². The van der Waals surface area contributed by atoms with E-state index in [9.17, 15) is 4.79 Å². The maximum absolute atomic E-state index is 11.8. The minimum absolute atomic E-state index is 0.0608. The molecule has 1 aliphatic rings. The van der Waals surface area contributed by atoms with Gasteiger partial charge in [0.05, 0.1) is 0 Å². The second-order valence-corrected chi connectivity index (χ2v) is 3.64. The zero-order valence-corrected chi connectivity index (χ0v) is 8.67. The van der Waals surface area contributed by atoms with Gasteiger partial charge in [-0.15, -0.1) is 0 Å². The number of carbonyl (C=O) groups excluding carboxylic acids is 1. The molecule has 0 heterocycles. The van der Waals surface area contributed by atoms with Crippen molar-refractivity contribution in [2.75, 3.05) is 0 Å². The van der Waals surface area contributed by atoms with Crippen molar-refractivity contribution in [2.45, 2.75) is 6.42 Å². The first kappa shape index (κ1) is 9.79. The molecule has 1 aliphatic carbocycles. The number of hydrazone groups is 1. The SMILES string of the molecule is NC(=S)NN=C1Cc2ccccc2C1=O. The van der Waals surface area contributed by atoms with Crippen molar-refractivity contribution in [3.63, 3.8) is 0 Å². The molecule has 5 heteroatoms. The van der Waals surface area contributed by atoms with Crippen LogP contribution in [-0.4, -0.2) is 16.6 Å². The minimum Gasteiger partial charge on any atom is -0.375 e. The van der Waals surface area contributed by atoms with E-state index in [1.54, 1.807) is 6.07 Å². The number of hydrogen-bond acceptors (Lipinski definition) is 3. The number of ketones is 1. The van der Waals surface area contributed by atoms with Crippen LogP contribution in [0.2, 0.25) is 0 Å². The number of Topliss-reactive ketones (excluding diaryl/α,β-unsaturated/α-hetero) is 1. The molecule has 3 N–H and O–H groups in total. The number of nitrogens with two attached hydrogens (primary N) is 1. The Kier molecular flexibility index (Phi) is 2.47. The van der Waals surface area contributed by atoms with Crippen molar-refractivity contribution >= 4 is 28.8 Å². The summed E-state index contributed by atoms with van der Waals surface area (Å²) >= 11 is 4.60. The molecule has 0 aliphatic heterocycles. The molecule has 0 unspecified atom stereocenters. The van der Waals surface area contributed by atoms with Crippen LogP contribution in [0.1, 0.15) is 15.9 Å². The average molecular weight is 219 g/mol. The van der Waals surface area contributed by atoms with Gasteiger partial charge in [-0.3, -0.25) is 10.2 Å². The van der Waals surface area contributed by atoms with Crippen LogP contribution in [0.5, 0.6) is 0 Å². The van der Waals surface area contributed by atoms with Crippen LogP contribution in [0, 0.1) is 0 Å². The van der Waals surface area contributed by atoms with E-state index in [1.807, 2.05) is 18.2 Å². The number of nitrogens with one attached hydrogen (secondary N) is 1. The standard InChI is InChI=1S/C10H9N3OS/c11-10(15)13-12-8-5-6-3-1-2-4-7(6)9(8)14/h1-4H,5H2,(H3,11,13,15). The average Bonchev–Trinajstić information content (AvgIpc) is 2.54. The Labute approximate surface area is 92.2 Å². The maximum Gasteiger partial charge on any atom is 0.209 e. The van der Waals surface area contributed by atoms with Crippen molar-refractivity contribution in [3.05, 3.63) is 35.4 Å². The van der Waals surface area contributed by atoms with E-state index < -0.39 is 0 Å². The monoisotopic (exact) mass is 219 g/mol. The molecule has 0 fully saturated rings. The summed E-state index contributed by atoms with van der Waals surface area (Å²) < 4.78 is 0. The number of benzene rings is 1. The number of rotatable bonds is 1. The summed E-state index contributed by atoms with van der Waals surface area (Å²) in [6.07, 6.45) is 0.532. The van der Waals surface area contributed by atoms with Gasteiger partial charge in [0.2, 0.25) is 5.78 Å². The van der Waals surface area contributed by atoms with Crippen LogP contribution in [0.15, 0.2) is 29.4 Å². The maximum atomic E-state index is 11.8. The van der Waals surface area contributed by atoms with Crippen molar-refractivity contribution in [1.29, 1.82) is 0 Å². The molecule has 1 aromatic rings. The smallest absolute Gasteiger partial charge is 0.209 e. The van der Waals surface area contributed by atoms with E-state index in [4.69, 9.17) is 5.73 Å².